The average molecular weight is 310 g/mol. The molecule has 20 heavy (non-hydrogen) atoms. The molecule has 0 unspecified atom stereocenters. The first-order chi connectivity index (χ1) is 9.58. The third-order valence-corrected chi connectivity index (χ3v) is 5.14. The van der Waals surface area contributed by atoms with E-state index in [0.29, 0.717) is 6.42 Å². The van der Waals surface area contributed by atoms with E-state index in [-0.39, 0.29) is 11.5 Å². The van der Waals surface area contributed by atoms with Crippen molar-refractivity contribution in [2.45, 2.75) is 11.3 Å². The number of carbonyl (C=O) groups is 1. The van der Waals surface area contributed by atoms with Crippen LogP contribution in [-0.4, -0.2) is 26.7 Å². The molecule has 0 aliphatic rings. The zero-order chi connectivity index (χ0) is 14.4. The number of rotatable bonds is 6. The van der Waals surface area contributed by atoms with Crippen LogP contribution in [-0.2, 0) is 25.8 Å². The molecule has 0 atom stereocenters. The number of carbonyl (C=O) groups excluding carboxylic acids is 1. The highest BCUT2D eigenvalue weighted by Crippen LogP contribution is 2.11. The van der Waals surface area contributed by atoms with E-state index < -0.39 is 21.6 Å². The highest BCUT2D eigenvalue weighted by Gasteiger charge is 2.19. The summed E-state index contributed by atoms with van der Waals surface area (Å²) < 4.78 is 28.8. The van der Waals surface area contributed by atoms with Crippen LogP contribution in [0.25, 0.3) is 0 Å². The Morgan fingerprint density at radius 1 is 1.10 bits per heavy atom. The molecule has 0 aliphatic carbocycles. The summed E-state index contributed by atoms with van der Waals surface area (Å²) in [5.74, 6) is -1.34. The summed E-state index contributed by atoms with van der Waals surface area (Å²) >= 11 is 1.58. The molecule has 1 aromatic heterocycles. The molecule has 0 spiro atoms. The van der Waals surface area contributed by atoms with Crippen molar-refractivity contribution in [2.24, 2.45) is 0 Å². The van der Waals surface area contributed by atoms with Crippen molar-refractivity contribution in [3.8, 4) is 0 Å². The largest absolute Gasteiger partial charge is 0.465 e. The molecule has 0 aliphatic heterocycles. The Morgan fingerprint density at radius 2 is 1.85 bits per heavy atom. The lowest BCUT2D eigenvalue weighted by Gasteiger charge is -2.05. The number of ether oxygens (including phenoxy) is 1. The maximum absolute atomic E-state index is 11.9. The summed E-state index contributed by atoms with van der Waals surface area (Å²) in [4.78, 5) is 12.8. The van der Waals surface area contributed by atoms with E-state index in [0.717, 1.165) is 4.88 Å². The van der Waals surface area contributed by atoms with Crippen molar-refractivity contribution in [1.29, 1.82) is 0 Å². The minimum absolute atomic E-state index is 0.134. The first-order valence-electron chi connectivity index (χ1n) is 6.04. The van der Waals surface area contributed by atoms with Crippen LogP contribution < -0.4 is 0 Å². The van der Waals surface area contributed by atoms with Gasteiger partial charge in [0.2, 0.25) is 0 Å². The van der Waals surface area contributed by atoms with Gasteiger partial charge in [0.05, 0.1) is 11.5 Å². The highest BCUT2D eigenvalue weighted by molar-refractivity contribution is 7.92. The molecule has 0 saturated carbocycles. The Balaban J connectivity index is 1.85. The molecule has 0 bridgehead atoms. The Bertz CT molecular complexity index is 646. The smallest absolute Gasteiger partial charge is 0.321 e. The van der Waals surface area contributed by atoms with Gasteiger partial charge in [0.1, 0.15) is 0 Å². The molecule has 4 nitrogen and oxygen atoms in total. The maximum atomic E-state index is 11.9. The van der Waals surface area contributed by atoms with Gasteiger partial charge in [-0.05, 0) is 23.6 Å². The van der Waals surface area contributed by atoms with Gasteiger partial charge in [-0.1, -0.05) is 24.3 Å². The summed E-state index contributed by atoms with van der Waals surface area (Å²) in [5.41, 5.74) is 0. The number of benzene rings is 1. The van der Waals surface area contributed by atoms with Crippen molar-refractivity contribution in [3.05, 3.63) is 52.7 Å². The molecule has 0 N–H and O–H groups in total. The Morgan fingerprint density at radius 3 is 2.50 bits per heavy atom. The summed E-state index contributed by atoms with van der Waals surface area (Å²) in [5, 5.41) is 1.94. The second-order valence-corrected chi connectivity index (χ2v) is 7.14. The normalized spacial score (nSPS) is 11.2. The molecule has 2 rings (SSSR count). The summed E-state index contributed by atoms with van der Waals surface area (Å²) in [7, 11) is -3.62. The molecule has 2 aromatic rings. The molecule has 0 saturated heterocycles. The van der Waals surface area contributed by atoms with Gasteiger partial charge in [-0.3, -0.25) is 4.79 Å². The molecule has 6 heteroatoms. The van der Waals surface area contributed by atoms with E-state index in [2.05, 4.69) is 0 Å². The summed E-state index contributed by atoms with van der Waals surface area (Å²) in [6.45, 7) is 0.198. The number of hydrogen-bond acceptors (Lipinski definition) is 5. The average Bonchev–Trinajstić information content (AvgIpc) is 2.92. The fourth-order valence-electron chi connectivity index (χ4n) is 1.63. The first kappa shape index (κ1) is 14.7. The van der Waals surface area contributed by atoms with Gasteiger partial charge in [0, 0.05) is 11.3 Å². The predicted molar refractivity (Wildman–Crippen MR) is 77.5 cm³/mol. The number of thiophene rings is 1. The second-order valence-electron chi connectivity index (χ2n) is 4.12. The van der Waals surface area contributed by atoms with Crippen molar-refractivity contribution in [2.75, 3.05) is 12.4 Å². The molecular weight excluding hydrogens is 296 g/mol. The van der Waals surface area contributed by atoms with E-state index >= 15 is 0 Å². The van der Waals surface area contributed by atoms with E-state index in [9.17, 15) is 13.2 Å². The molecule has 106 valence electrons. The minimum Gasteiger partial charge on any atom is -0.465 e. The quantitative estimate of drug-likeness (QED) is 0.768. The number of sulfone groups is 1. The van der Waals surface area contributed by atoms with Crippen LogP contribution in [0.4, 0.5) is 0 Å². The lowest BCUT2D eigenvalue weighted by molar-refractivity contribution is -0.140. The molecule has 0 fully saturated rings. The van der Waals surface area contributed by atoms with Crippen LogP contribution in [0.5, 0.6) is 0 Å². The van der Waals surface area contributed by atoms with E-state index in [1.807, 2.05) is 17.5 Å². The zero-order valence-electron chi connectivity index (χ0n) is 10.7. The molecule has 0 amide bonds. The van der Waals surface area contributed by atoms with Crippen LogP contribution in [0.1, 0.15) is 4.88 Å². The number of esters is 1. The van der Waals surface area contributed by atoms with Gasteiger partial charge in [-0.2, -0.15) is 0 Å². The second kappa shape index (κ2) is 6.67. The van der Waals surface area contributed by atoms with Gasteiger partial charge in [0.15, 0.2) is 15.6 Å². The fourth-order valence-corrected chi connectivity index (χ4v) is 3.45. The molecule has 1 heterocycles. The van der Waals surface area contributed by atoms with Gasteiger partial charge < -0.3 is 4.74 Å². The maximum Gasteiger partial charge on any atom is 0.321 e. The van der Waals surface area contributed by atoms with Crippen molar-refractivity contribution < 1.29 is 17.9 Å². The highest BCUT2D eigenvalue weighted by atomic mass is 32.2. The van der Waals surface area contributed by atoms with E-state index in [4.69, 9.17) is 4.74 Å². The number of hydrogen-bond donors (Lipinski definition) is 0. The van der Waals surface area contributed by atoms with Gasteiger partial charge in [-0.25, -0.2) is 8.42 Å². The lowest BCUT2D eigenvalue weighted by Crippen LogP contribution is -2.19. The Labute approximate surface area is 121 Å². The van der Waals surface area contributed by atoms with Crippen LogP contribution in [0.15, 0.2) is 52.7 Å². The summed E-state index contributed by atoms with van der Waals surface area (Å²) in [6.07, 6.45) is 0.606. The van der Waals surface area contributed by atoms with E-state index in [1.54, 1.807) is 29.5 Å². The SMILES string of the molecule is O=C(CS(=O)(=O)c1ccccc1)OCCc1cccs1. The van der Waals surface area contributed by atoms with Gasteiger partial charge in [-0.15, -0.1) is 11.3 Å². The minimum atomic E-state index is -3.62. The first-order valence-corrected chi connectivity index (χ1v) is 8.57. The predicted octanol–water partition coefficient (Wildman–Crippen LogP) is 2.31. The third-order valence-electron chi connectivity index (χ3n) is 2.60. The Kier molecular flexibility index (Phi) is 4.92. The molecule has 0 radical (unpaired) electrons. The molecular formula is C14H14O4S2. The van der Waals surface area contributed by atoms with Crippen LogP contribution in [0, 0.1) is 0 Å². The van der Waals surface area contributed by atoms with Crippen LogP contribution in [0.3, 0.4) is 0 Å². The standard InChI is InChI=1S/C14H14O4S2/c15-14(18-9-8-12-5-4-10-19-12)11-20(16,17)13-6-2-1-3-7-13/h1-7,10H,8-9,11H2. The van der Waals surface area contributed by atoms with Crippen molar-refractivity contribution >= 4 is 27.1 Å². The fraction of sp³-hybridized carbons (Fsp3) is 0.214. The van der Waals surface area contributed by atoms with Crippen molar-refractivity contribution in [1.82, 2.24) is 0 Å². The topological polar surface area (TPSA) is 60.4 Å². The van der Waals surface area contributed by atoms with Crippen LogP contribution in [0.2, 0.25) is 0 Å². The summed E-state index contributed by atoms with van der Waals surface area (Å²) in [6, 6.07) is 11.8. The lowest BCUT2D eigenvalue weighted by atomic mass is 10.4. The van der Waals surface area contributed by atoms with Gasteiger partial charge >= 0.3 is 5.97 Å². The zero-order valence-corrected chi connectivity index (χ0v) is 12.3. The third kappa shape index (κ3) is 4.18. The van der Waals surface area contributed by atoms with Gasteiger partial charge in [0.25, 0.3) is 0 Å². The van der Waals surface area contributed by atoms with E-state index in [1.165, 1.54) is 12.1 Å². The Hall–Kier alpha value is -1.66. The van der Waals surface area contributed by atoms with Crippen LogP contribution >= 0.6 is 11.3 Å². The monoisotopic (exact) mass is 310 g/mol. The molecule has 1 aromatic carbocycles. The van der Waals surface area contributed by atoms with Crippen molar-refractivity contribution in [3.63, 3.8) is 0 Å².